The SMILES string of the molecule is CCC(C)NC(=O)CCCC(=O)Nc1cc(C(C)(C)C)nn1-c1ccc(Cl)cc1. The highest BCUT2D eigenvalue weighted by Gasteiger charge is 2.21. The van der Waals surface area contributed by atoms with Gasteiger partial charge in [0.1, 0.15) is 5.82 Å². The van der Waals surface area contributed by atoms with E-state index in [1.165, 1.54) is 0 Å². The predicted molar refractivity (Wildman–Crippen MR) is 118 cm³/mol. The number of hydrogen-bond donors (Lipinski definition) is 2. The third-order valence-electron chi connectivity index (χ3n) is 4.64. The summed E-state index contributed by atoms with van der Waals surface area (Å²) in [6, 6.07) is 9.34. The molecular formula is C22H31ClN4O2. The number of carbonyl (C=O) groups is 2. The fraction of sp³-hybridized carbons (Fsp3) is 0.500. The molecule has 0 aliphatic carbocycles. The van der Waals surface area contributed by atoms with Crippen molar-refractivity contribution in [2.45, 2.75) is 71.8 Å². The van der Waals surface area contributed by atoms with E-state index in [-0.39, 0.29) is 29.7 Å². The lowest BCUT2D eigenvalue weighted by atomic mass is 9.92. The van der Waals surface area contributed by atoms with Gasteiger partial charge in [-0.25, -0.2) is 4.68 Å². The van der Waals surface area contributed by atoms with Crippen LogP contribution in [0.4, 0.5) is 5.82 Å². The van der Waals surface area contributed by atoms with Crippen LogP contribution in [0.5, 0.6) is 0 Å². The Labute approximate surface area is 178 Å². The number of hydrogen-bond acceptors (Lipinski definition) is 3. The topological polar surface area (TPSA) is 76.0 Å². The van der Waals surface area contributed by atoms with E-state index >= 15 is 0 Å². The summed E-state index contributed by atoms with van der Waals surface area (Å²) in [5.74, 6) is 0.441. The lowest BCUT2D eigenvalue weighted by Crippen LogP contribution is -2.31. The van der Waals surface area contributed by atoms with E-state index in [2.05, 4.69) is 36.5 Å². The van der Waals surface area contributed by atoms with Gasteiger partial charge >= 0.3 is 0 Å². The molecule has 158 valence electrons. The molecular weight excluding hydrogens is 388 g/mol. The molecule has 0 saturated heterocycles. The first-order valence-electron chi connectivity index (χ1n) is 10.1. The van der Waals surface area contributed by atoms with E-state index in [0.29, 0.717) is 23.7 Å². The molecule has 7 heteroatoms. The summed E-state index contributed by atoms with van der Waals surface area (Å²) in [6.07, 6.45) is 1.98. The predicted octanol–water partition coefficient (Wildman–Crippen LogP) is 4.85. The number of anilines is 1. The molecule has 1 unspecified atom stereocenters. The molecule has 6 nitrogen and oxygen atoms in total. The van der Waals surface area contributed by atoms with E-state index in [0.717, 1.165) is 17.8 Å². The van der Waals surface area contributed by atoms with Crippen LogP contribution in [0.2, 0.25) is 5.02 Å². The van der Waals surface area contributed by atoms with Crippen molar-refractivity contribution in [3.8, 4) is 5.69 Å². The van der Waals surface area contributed by atoms with Gasteiger partial charge in [0.05, 0.1) is 11.4 Å². The molecule has 1 aromatic carbocycles. The van der Waals surface area contributed by atoms with Gasteiger partial charge in [0, 0.05) is 35.4 Å². The van der Waals surface area contributed by atoms with Crippen LogP contribution in [-0.4, -0.2) is 27.6 Å². The zero-order chi connectivity index (χ0) is 21.6. The summed E-state index contributed by atoms with van der Waals surface area (Å²) in [4.78, 5) is 24.3. The van der Waals surface area contributed by atoms with Crippen molar-refractivity contribution in [3.63, 3.8) is 0 Å². The minimum Gasteiger partial charge on any atom is -0.354 e. The first-order chi connectivity index (χ1) is 13.6. The normalized spacial score (nSPS) is 12.5. The molecule has 1 heterocycles. The van der Waals surface area contributed by atoms with Gasteiger partial charge in [-0.2, -0.15) is 5.10 Å². The number of nitrogens with zero attached hydrogens (tertiary/aromatic N) is 2. The number of benzene rings is 1. The number of nitrogens with one attached hydrogen (secondary N) is 2. The second-order valence-electron chi connectivity index (χ2n) is 8.33. The third kappa shape index (κ3) is 6.89. The second kappa shape index (κ2) is 9.92. The largest absolute Gasteiger partial charge is 0.354 e. The highest BCUT2D eigenvalue weighted by atomic mass is 35.5. The van der Waals surface area contributed by atoms with Gasteiger partial charge < -0.3 is 10.6 Å². The van der Waals surface area contributed by atoms with Gasteiger partial charge in [0.15, 0.2) is 0 Å². The molecule has 2 N–H and O–H groups in total. The Balaban J connectivity index is 2.06. The molecule has 0 aliphatic heterocycles. The summed E-state index contributed by atoms with van der Waals surface area (Å²) in [7, 11) is 0. The maximum atomic E-state index is 12.5. The van der Waals surface area contributed by atoms with Crippen LogP contribution in [0.15, 0.2) is 30.3 Å². The Morgan fingerprint density at radius 1 is 1.14 bits per heavy atom. The summed E-state index contributed by atoms with van der Waals surface area (Å²) in [5.41, 5.74) is 1.52. The van der Waals surface area contributed by atoms with E-state index in [9.17, 15) is 9.59 Å². The maximum absolute atomic E-state index is 12.5. The molecule has 0 radical (unpaired) electrons. The molecule has 1 aromatic heterocycles. The van der Waals surface area contributed by atoms with Crippen molar-refractivity contribution < 1.29 is 9.59 Å². The van der Waals surface area contributed by atoms with Crippen molar-refractivity contribution in [2.75, 3.05) is 5.32 Å². The summed E-state index contributed by atoms with van der Waals surface area (Å²) < 4.78 is 1.71. The fourth-order valence-corrected chi connectivity index (χ4v) is 2.81. The molecule has 1 atom stereocenters. The number of halogens is 1. The number of carbonyl (C=O) groups excluding carboxylic acids is 2. The van der Waals surface area contributed by atoms with E-state index in [4.69, 9.17) is 11.6 Å². The van der Waals surface area contributed by atoms with Crippen molar-refractivity contribution in [1.82, 2.24) is 15.1 Å². The Morgan fingerprint density at radius 2 is 1.76 bits per heavy atom. The van der Waals surface area contributed by atoms with Crippen molar-refractivity contribution in [1.29, 1.82) is 0 Å². The lowest BCUT2D eigenvalue weighted by Gasteiger charge is -2.14. The Bertz CT molecular complexity index is 837. The Kier molecular flexibility index (Phi) is 7.85. The minimum atomic E-state index is -0.161. The quantitative estimate of drug-likeness (QED) is 0.643. The molecule has 2 rings (SSSR count). The van der Waals surface area contributed by atoms with Crippen LogP contribution >= 0.6 is 11.6 Å². The zero-order valence-electron chi connectivity index (χ0n) is 17.9. The molecule has 2 amide bonds. The summed E-state index contributed by atoms with van der Waals surface area (Å²) >= 11 is 5.99. The Hall–Kier alpha value is -2.34. The van der Waals surface area contributed by atoms with Gasteiger partial charge in [-0.05, 0) is 44.0 Å². The second-order valence-corrected chi connectivity index (χ2v) is 8.77. The average Bonchev–Trinajstić information content (AvgIpc) is 3.06. The average molecular weight is 419 g/mol. The van der Waals surface area contributed by atoms with Crippen LogP contribution in [0, 0.1) is 0 Å². The molecule has 29 heavy (non-hydrogen) atoms. The molecule has 0 saturated carbocycles. The van der Waals surface area contributed by atoms with Crippen molar-refractivity contribution >= 4 is 29.2 Å². The third-order valence-corrected chi connectivity index (χ3v) is 4.90. The number of aromatic nitrogens is 2. The van der Waals surface area contributed by atoms with Gasteiger partial charge in [-0.15, -0.1) is 0 Å². The van der Waals surface area contributed by atoms with Crippen LogP contribution < -0.4 is 10.6 Å². The van der Waals surface area contributed by atoms with Crippen LogP contribution in [0.3, 0.4) is 0 Å². The number of amides is 2. The molecule has 0 spiro atoms. The van der Waals surface area contributed by atoms with E-state index in [1.807, 2.05) is 32.0 Å². The smallest absolute Gasteiger partial charge is 0.225 e. The highest BCUT2D eigenvalue weighted by Crippen LogP contribution is 2.27. The first-order valence-corrected chi connectivity index (χ1v) is 10.4. The lowest BCUT2D eigenvalue weighted by molar-refractivity contribution is -0.122. The molecule has 0 aliphatic rings. The monoisotopic (exact) mass is 418 g/mol. The number of rotatable bonds is 8. The zero-order valence-corrected chi connectivity index (χ0v) is 18.6. The van der Waals surface area contributed by atoms with Crippen molar-refractivity contribution in [2.24, 2.45) is 0 Å². The molecule has 0 fully saturated rings. The van der Waals surface area contributed by atoms with Crippen LogP contribution in [-0.2, 0) is 15.0 Å². The summed E-state index contributed by atoms with van der Waals surface area (Å²) in [5, 5.41) is 11.2. The summed E-state index contributed by atoms with van der Waals surface area (Å²) in [6.45, 7) is 10.2. The van der Waals surface area contributed by atoms with Gasteiger partial charge in [0.2, 0.25) is 11.8 Å². The van der Waals surface area contributed by atoms with Gasteiger partial charge in [-0.3, -0.25) is 9.59 Å². The van der Waals surface area contributed by atoms with Crippen LogP contribution in [0.25, 0.3) is 5.69 Å². The molecule has 2 aromatic rings. The molecule has 0 bridgehead atoms. The standard InChI is InChI=1S/C22H31ClN4O2/c1-6-15(2)24-20(28)8-7-9-21(29)25-19-14-18(22(3,4)5)26-27(19)17-12-10-16(23)11-13-17/h10-15H,6-9H2,1-5H3,(H,24,28)(H,25,29). The van der Waals surface area contributed by atoms with Crippen LogP contribution in [0.1, 0.15) is 66.0 Å². The fourth-order valence-electron chi connectivity index (χ4n) is 2.68. The first kappa shape index (κ1) is 22.9. The van der Waals surface area contributed by atoms with Crippen molar-refractivity contribution in [3.05, 3.63) is 41.0 Å². The highest BCUT2D eigenvalue weighted by molar-refractivity contribution is 6.30. The minimum absolute atomic E-state index is 0.0200. The van der Waals surface area contributed by atoms with E-state index < -0.39 is 0 Å². The maximum Gasteiger partial charge on any atom is 0.225 e. The Morgan fingerprint density at radius 3 is 2.34 bits per heavy atom. The van der Waals surface area contributed by atoms with E-state index in [1.54, 1.807) is 16.8 Å². The van der Waals surface area contributed by atoms with Gasteiger partial charge in [-0.1, -0.05) is 39.3 Å². The van der Waals surface area contributed by atoms with Gasteiger partial charge in [0.25, 0.3) is 0 Å².